The van der Waals surface area contributed by atoms with E-state index in [1.54, 1.807) is 0 Å². The Balaban J connectivity index is 3.58. The lowest BCUT2D eigenvalue weighted by Gasteiger charge is -2.18. The zero-order chi connectivity index (χ0) is 20.9. The Morgan fingerprint density at radius 3 is 0.923 bits per heavy atom. The van der Waals surface area contributed by atoms with E-state index in [2.05, 4.69) is 72.1 Å². The van der Waals surface area contributed by atoms with Gasteiger partial charge in [0.2, 0.25) is 0 Å². The van der Waals surface area contributed by atoms with Gasteiger partial charge in [0.1, 0.15) is 0 Å². The molecule has 0 atom stereocenters. The Bertz CT molecular complexity index is 833. The Hall–Kier alpha value is 0.220. The molecular formula is C8Br4F6O6S2. The van der Waals surface area contributed by atoms with Gasteiger partial charge < -0.3 is 8.37 Å². The van der Waals surface area contributed by atoms with Gasteiger partial charge in [-0.1, -0.05) is 0 Å². The lowest BCUT2D eigenvalue weighted by atomic mass is 10.3. The zero-order valence-corrected chi connectivity index (χ0v) is 19.0. The fraction of sp³-hybridized carbons (Fsp3) is 0.250. The number of halogens is 10. The van der Waals surface area contributed by atoms with Crippen LogP contribution in [0.3, 0.4) is 0 Å². The molecule has 6 nitrogen and oxygen atoms in total. The number of hydrogen-bond acceptors (Lipinski definition) is 6. The average Bonchev–Trinajstić information content (AvgIpc) is 2.43. The molecule has 0 heterocycles. The molecule has 18 heteroatoms. The van der Waals surface area contributed by atoms with Crippen LogP contribution in [0.25, 0.3) is 0 Å². The summed E-state index contributed by atoms with van der Waals surface area (Å²) in [6.45, 7) is 0. The highest BCUT2D eigenvalue weighted by Gasteiger charge is 2.51. The molecule has 0 aliphatic rings. The number of hydrogen-bond donors (Lipinski definition) is 0. The molecule has 0 unspecified atom stereocenters. The highest BCUT2D eigenvalue weighted by Crippen LogP contribution is 2.52. The number of benzene rings is 1. The molecule has 150 valence electrons. The zero-order valence-electron chi connectivity index (χ0n) is 11.0. The van der Waals surface area contributed by atoms with E-state index in [1.807, 2.05) is 0 Å². The van der Waals surface area contributed by atoms with E-state index in [4.69, 9.17) is 0 Å². The largest absolute Gasteiger partial charge is 0.534 e. The van der Waals surface area contributed by atoms with Crippen LogP contribution in [0.15, 0.2) is 17.9 Å². The predicted molar refractivity (Wildman–Crippen MR) is 88.4 cm³/mol. The van der Waals surface area contributed by atoms with Gasteiger partial charge in [0, 0.05) is 0 Å². The summed E-state index contributed by atoms with van der Waals surface area (Å²) < 4.78 is 124. The van der Waals surface area contributed by atoms with E-state index in [-0.39, 0.29) is 0 Å². The minimum Gasteiger partial charge on any atom is -0.374 e. The molecule has 0 aliphatic carbocycles. The van der Waals surface area contributed by atoms with Crippen LogP contribution in [-0.2, 0) is 20.2 Å². The van der Waals surface area contributed by atoms with Crippen molar-refractivity contribution in [3.8, 4) is 11.5 Å². The SMILES string of the molecule is O=S(=O)(Oc1c(Br)c(Br)c(OS(=O)(=O)C(F)(F)F)c(Br)c1Br)C(F)(F)F. The van der Waals surface area contributed by atoms with Crippen molar-refractivity contribution in [1.29, 1.82) is 0 Å². The molecule has 0 aliphatic heterocycles. The molecule has 0 aromatic heterocycles. The molecule has 26 heavy (non-hydrogen) atoms. The van der Waals surface area contributed by atoms with Gasteiger partial charge in [-0.05, 0) is 63.7 Å². The van der Waals surface area contributed by atoms with Crippen LogP contribution in [0.5, 0.6) is 11.5 Å². The predicted octanol–water partition coefficient (Wildman–Crippen LogP) is 5.19. The molecule has 0 saturated heterocycles. The van der Waals surface area contributed by atoms with Crippen molar-refractivity contribution in [1.82, 2.24) is 0 Å². The first kappa shape index (κ1) is 24.3. The van der Waals surface area contributed by atoms with Crippen molar-refractivity contribution in [2.75, 3.05) is 0 Å². The van der Waals surface area contributed by atoms with Crippen molar-refractivity contribution in [3.63, 3.8) is 0 Å². The normalized spacial score (nSPS) is 13.6. The Morgan fingerprint density at radius 2 is 0.769 bits per heavy atom. The van der Waals surface area contributed by atoms with E-state index < -0.39 is 60.6 Å². The van der Waals surface area contributed by atoms with Crippen LogP contribution in [-0.4, -0.2) is 27.9 Å². The maximum atomic E-state index is 12.4. The Morgan fingerprint density at radius 1 is 0.577 bits per heavy atom. The van der Waals surface area contributed by atoms with E-state index >= 15 is 0 Å². The number of alkyl halides is 6. The lowest BCUT2D eigenvalue weighted by Crippen LogP contribution is -2.29. The molecule has 0 amide bonds. The quantitative estimate of drug-likeness (QED) is 0.187. The number of rotatable bonds is 4. The van der Waals surface area contributed by atoms with Gasteiger partial charge in [-0.3, -0.25) is 0 Å². The van der Waals surface area contributed by atoms with Gasteiger partial charge in [0.25, 0.3) is 0 Å². The van der Waals surface area contributed by atoms with E-state index in [0.29, 0.717) is 0 Å². The molecule has 0 fully saturated rings. The fourth-order valence-electron chi connectivity index (χ4n) is 1.05. The van der Waals surface area contributed by atoms with Gasteiger partial charge >= 0.3 is 31.3 Å². The minimum atomic E-state index is -6.14. The summed E-state index contributed by atoms with van der Waals surface area (Å²) in [5.74, 6) is -2.09. The van der Waals surface area contributed by atoms with Crippen molar-refractivity contribution in [2.24, 2.45) is 0 Å². The second-order valence-electron chi connectivity index (χ2n) is 3.88. The summed E-state index contributed by atoms with van der Waals surface area (Å²) in [6, 6.07) is 0. The van der Waals surface area contributed by atoms with Crippen LogP contribution in [0.4, 0.5) is 26.3 Å². The molecule has 1 aromatic carbocycles. The average molecular weight is 690 g/mol. The summed E-state index contributed by atoms with van der Waals surface area (Å²) in [7, 11) is -12.3. The molecular weight excluding hydrogens is 690 g/mol. The first-order chi connectivity index (χ1) is 11.3. The summed E-state index contributed by atoms with van der Waals surface area (Å²) in [5.41, 5.74) is -11.6. The second-order valence-corrected chi connectivity index (χ2v) is 10.1. The van der Waals surface area contributed by atoms with Gasteiger partial charge in [-0.15, -0.1) is 0 Å². The van der Waals surface area contributed by atoms with Crippen LogP contribution in [0, 0.1) is 0 Å². The first-order valence-corrected chi connectivity index (χ1v) is 11.2. The maximum absolute atomic E-state index is 12.4. The summed E-state index contributed by atoms with van der Waals surface area (Å²) in [5, 5.41) is 0. The topological polar surface area (TPSA) is 86.7 Å². The molecule has 1 rings (SSSR count). The van der Waals surface area contributed by atoms with Crippen molar-refractivity contribution in [2.45, 2.75) is 11.0 Å². The third-order valence-corrected chi connectivity index (χ3v) is 8.13. The highest BCUT2D eigenvalue weighted by atomic mass is 79.9. The van der Waals surface area contributed by atoms with Crippen molar-refractivity contribution < 1.29 is 51.5 Å². The third-order valence-electron chi connectivity index (χ3n) is 2.14. The van der Waals surface area contributed by atoms with E-state index in [9.17, 15) is 43.2 Å². The van der Waals surface area contributed by atoms with Gasteiger partial charge in [-0.25, -0.2) is 0 Å². The van der Waals surface area contributed by atoms with Gasteiger partial charge in [0.05, 0.1) is 17.9 Å². The summed E-state index contributed by atoms with van der Waals surface area (Å²) in [4.78, 5) is 0. The van der Waals surface area contributed by atoms with Crippen LogP contribution in [0.1, 0.15) is 0 Å². The van der Waals surface area contributed by atoms with E-state index in [1.165, 1.54) is 0 Å². The van der Waals surface area contributed by atoms with E-state index in [0.717, 1.165) is 0 Å². The van der Waals surface area contributed by atoms with Crippen LogP contribution < -0.4 is 8.37 Å². The van der Waals surface area contributed by atoms with Gasteiger partial charge in [0.15, 0.2) is 11.5 Å². The molecule has 0 bridgehead atoms. The molecule has 0 saturated carbocycles. The summed E-state index contributed by atoms with van der Waals surface area (Å²) in [6.07, 6.45) is 0. The highest BCUT2D eigenvalue weighted by molar-refractivity contribution is 9.14. The third kappa shape index (κ3) is 4.79. The molecule has 0 spiro atoms. The van der Waals surface area contributed by atoms with Crippen molar-refractivity contribution in [3.05, 3.63) is 17.9 Å². The van der Waals surface area contributed by atoms with Crippen LogP contribution >= 0.6 is 63.7 Å². The second kappa shape index (κ2) is 7.57. The smallest absolute Gasteiger partial charge is 0.374 e. The van der Waals surface area contributed by atoms with Crippen molar-refractivity contribution >= 4 is 84.0 Å². The van der Waals surface area contributed by atoms with Gasteiger partial charge in [-0.2, -0.15) is 43.2 Å². The monoisotopic (exact) mass is 686 g/mol. The fourth-order valence-corrected chi connectivity index (χ4v) is 4.81. The lowest BCUT2D eigenvalue weighted by molar-refractivity contribution is -0.0506. The molecule has 0 N–H and O–H groups in total. The minimum absolute atomic E-state index is 0.687. The Labute approximate surface area is 175 Å². The Kier molecular flexibility index (Phi) is 7.06. The first-order valence-electron chi connectivity index (χ1n) is 5.21. The molecule has 1 aromatic rings. The maximum Gasteiger partial charge on any atom is 0.534 e. The van der Waals surface area contributed by atoms with Crippen LogP contribution in [0.2, 0.25) is 0 Å². The standard InChI is InChI=1S/C8Br4F6O6S2/c9-1-2(10)6(24-26(21,22)8(16,17)18)4(12)3(11)5(1)23-25(19,20)7(13,14)15. The summed E-state index contributed by atoms with van der Waals surface area (Å²) >= 11 is 10.3. The molecule has 0 radical (unpaired) electrons.